The topological polar surface area (TPSA) is 50.7 Å². The smallest absolute Gasteiger partial charge is 0.208 e. The first kappa shape index (κ1) is 20.7. The number of aliphatic hydroxyl groups is 1. The van der Waals surface area contributed by atoms with Crippen molar-refractivity contribution in [3.8, 4) is 5.75 Å². The van der Waals surface area contributed by atoms with E-state index in [1.54, 1.807) is 0 Å². The van der Waals surface area contributed by atoms with Crippen LogP contribution in [0.5, 0.6) is 5.75 Å². The summed E-state index contributed by atoms with van der Waals surface area (Å²) in [5.41, 5.74) is 1.89. The van der Waals surface area contributed by atoms with Crippen LogP contribution in [0.3, 0.4) is 0 Å². The Morgan fingerprint density at radius 1 is 1.15 bits per heavy atom. The Bertz CT molecular complexity index is 665. The van der Waals surface area contributed by atoms with E-state index in [2.05, 4.69) is 19.2 Å². The molecule has 1 aliphatic rings. The molecule has 0 unspecified atom stereocenters. The summed E-state index contributed by atoms with van der Waals surface area (Å²) in [6.07, 6.45) is 1.83. The second-order valence-corrected chi connectivity index (χ2v) is 6.72. The molecular formula is C21H28ClNO3. The predicted molar refractivity (Wildman–Crippen MR) is 106 cm³/mol. The summed E-state index contributed by atoms with van der Waals surface area (Å²) in [6, 6.07) is 17.7. The van der Waals surface area contributed by atoms with E-state index in [1.807, 2.05) is 54.6 Å². The van der Waals surface area contributed by atoms with Crippen LogP contribution in [0.25, 0.3) is 0 Å². The zero-order valence-electron chi connectivity index (χ0n) is 15.4. The maximum Gasteiger partial charge on any atom is 0.208 e. The van der Waals surface area contributed by atoms with Crippen molar-refractivity contribution in [2.45, 2.75) is 51.2 Å². The third-order valence-corrected chi connectivity index (χ3v) is 4.61. The van der Waals surface area contributed by atoms with Crippen molar-refractivity contribution < 1.29 is 14.6 Å². The first-order chi connectivity index (χ1) is 12.1. The number of nitrogens with one attached hydrogen (secondary N) is 1. The van der Waals surface area contributed by atoms with Crippen molar-refractivity contribution >= 4 is 12.4 Å². The zero-order chi connectivity index (χ0) is 17.7. The highest BCUT2D eigenvalue weighted by molar-refractivity contribution is 5.85. The van der Waals surface area contributed by atoms with Crippen molar-refractivity contribution in [2.24, 2.45) is 0 Å². The molecule has 3 rings (SSSR count). The van der Waals surface area contributed by atoms with Crippen molar-refractivity contribution in [3.05, 3.63) is 65.7 Å². The summed E-state index contributed by atoms with van der Waals surface area (Å²) in [5.74, 6) is -0.513. The van der Waals surface area contributed by atoms with Gasteiger partial charge in [0, 0.05) is 11.6 Å². The van der Waals surface area contributed by atoms with Crippen LogP contribution < -0.4 is 10.1 Å². The number of hydrogen-bond donors (Lipinski definition) is 2. The van der Waals surface area contributed by atoms with Crippen LogP contribution in [0.4, 0.5) is 0 Å². The molecule has 142 valence electrons. The van der Waals surface area contributed by atoms with E-state index >= 15 is 0 Å². The number of halogens is 1. The molecular weight excluding hydrogens is 350 g/mol. The molecule has 1 fully saturated rings. The van der Waals surface area contributed by atoms with Gasteiger partial charge in [-0.3, -0.25) is 0 Å². The quantitative estimate of drug-likeness (QED) is 0.798. The van der Waals surface area contributed by atoms with Gasteiger partial charge in [-0.25, -0.2) is 0 Å². The lowest BCUT2D eigenvalue weighted by Gasteiger charge is -2.43. The first-order valence-electron chi connectivity index (χ1n) is 9.01. The predicted octanol–water partition coefficient (Wildman–Crippen LogP) is 4.01. The maximum absolute atomic E-state index is 11.1. The summed E-state index contributed by atoms with van der Waals surface area (Å²) in [6.45, 7) is 5.20. The Morgan fingerprint density at radius 2 is 1.85 bits per heavy atom. The van der Waals surface area contributed by atoms with Crippen LogP contribution in [0.1, 0.15) is 37.8 Å². The largest absolute Gasteiger partial charge is 0.489 e. The summed E-state index contributed by atoms with van der Waals surface area (Å²) in [5, 5.41) is 14.6. The molecule has 3 atom stereocenters. The minimum atomic E-state index is -1.29. The standard InChI is InChI=1S/C21H27NO3.ClH/c1-3-7-20-21(23,25-14-16(2)22-20)18-10-12-19(13-11-18)24-15-17-8-5-4-6-9-17;/h4-6,8-13,16,20,22-23H,3,7,14-15H2,1-2H3;1H/t16-,20+,21+;/m0./s1. The average molecular weight is 378 g/mol. The molecule has 26 heavy (non-hydrogen) atoms. The Morgan fingerprint density at radius 3 is 2.50 bits per heavy atom. The second kappa shape index (κ2) is 9.38. The number of morpholine rings is 1. The van der Waals surface area contributed by atoms with E-state index in [9.17, 15) is 5.11 Å². The van der Waals surface area contributed by atoms with Crippen LogP contribution in [0.15, 0.2) is 54.6 Å². The van der Waals surface area contributed by atoms with Crippen molar-refractivity contribution in [1.82, 2.24) is 5.32 Å². The van der Waals surface area contributed by atoms with Gasteiger partial charge in [0.2, 0.25) is 5.79 Å². The highest BCUT2D eigenvalue weighted by Gasteiger charge is 2.43. The van der Waals surface area contributed by atoms with Gasteiger partial charge in [-0.15, -0.1) is 12.4 Å². The Hall–Kier alpha value is -1.59. The lowest BCUT2D eigenvalue weighted by Crippen LogP contribution is -2.59. The molecule has 1 heterocycles. The number of rotatable bonds is 6. The number of ether oxygens (including phenoxy) is 2. The van der Waals surface area contributed by atoms with Crippen LogP contribution in [-0.4, -0.2) is 23.8 Å². The normalized spacial score (nSPS) is 25.3. The van der Waals surface area contributed by atoms with Gasteiger partial charge in [0.1, 0.15) is 12.4 Å². The van der Waals surface area contributed by atoms with Gasteiger partial charge in [-0.05, 0) is 43.2 Å². The fourth-order valence-electron chi connectivity index (χ4n) is 3.24. The molecule has 0 bridgehead atoms. The molecule has 2 aromatic carbocycles. The van der Waals surface area contributed by atoms with E-state index in [4.69, 9.17) is 9.47 Å². The van der Waals surface area contributed by atoms with Gasteiger partial charge in [0.05, 0.1) is 12.6 Å². The van der Waals surface area contributed by atoms with Crippen LogP contribution in [-0.2, 0) is 17.1 Å². The lowest BCUT2D eigenvalue weighted by atomic mass is 9.92. The van der Waals surface area contributed by atoms with Crippen LogP contribution >= 0.6 is 12.4 Å². The van der Waals surface area contributed by atoms with Crippen molar-refractivity contribution in [3.63, 3.8) is 0 Å². The molecule has 0 amide bonds. The third kappa shape index (κ3) is 4.77. The molecule has 0 radical (unpaired) electrons. The molecule has 0 spiro atoms. The third-order valence-electron chi connectivity index (χ3n) is 4.61. The van der Waals surface area contributed by atoms with E-state index in [1.165, 1.54) is 0 Å². The molecule has 1 aliphatic heterocycles. The fourth-order valence-corrected chi connectivity index (χ4v) is 3.24. The van der Waals surface area contributed by atoms with Gasteiger partial charge < -0.3 is 19.9 Å². The summed E-state index contributed by atoms with van der Waals surface area (Å²) < 4.78 is 11.7. The summed E-state index contributed by atoms with van der Waals surface area (Å²) in [7, 11) is 0. The van der Waals surface area contributed by atoms with Crippen LogP contribution in [0.2, 0.25) is 0 Å². The fraction of sp³-hybridized carbons (Fsp3) is 0.429. The Kier molecular flexibility index (Phi) is 7.47. The van der Waals surface area contributed by atoms with E-state index in [0.29, 0.717) is 13.2 Å². The minimum Gasteiger partial charge on any atom is -0.489 e. The molecule has 0 aromatic heterocycles. The molecule has 1 saturated heterocycles. The van der Waals surface area contributed by atoms with Gasteiger partial charge in [0.25, 0.3) is 0 Å². The highest BCUT2D eigenvalue weighted by atomic mass is 35.5. The summed E-state index contributed by atoms with van der Waals surface area (Å²) in [4.78, 5) is 0. The highest BCUT2D eigenvalue weighted by Crippen LogP contribution is 2.33. The summed E-state index contributed by atoms with van der Waals surface area (Å²) >= 11 is 0. The molecule has 2 N–H and O–H groups in total. The van der Waals surface area contributed by atoms with Gasteiger partial charge in [-0.2, -0.15) is 0 Å². The van der Waals surface area contributed by atoms with Crippen molar-refractivity contribution in [2.75, 3.05) is 6.61 Å². The Balaban J connectivity index is 0.00000243. The number of hydrogen-bond acceptors (Lipinski definition) is 4. The molecule has 5 heteroatoms. The number of benzene rings is 2. The zero-order valence-corrected chi connectivity index (χ0v) is 16.2. The lowest BCUT2D eigenvalue weighted by molar-refractivity contribution is -0.257. The molecule has 2 aromatic rings. The molecule has 0 aliphatic carbocycles. The van der Waals surface area contributed by atoms with Crippen molar-refractivity contribution in [1.29, 1.82) is 0 Å². The van der Waals surface area contributed by atoms with Crippen LogP contribution in [0, 0.1) is 0 Å². The van der Waals surface area contributed by atoms with Gasteiger partial charge in [-0.1, -0.05) is 43.7 Å². The average Bonchev–Trinajstić information content (AvgIpc) is 2.65. The second-order valence-electron chi connectivity index (χ2n) is 6.72. The maximum atomic E-state index is 11.1. The first-order valence-corrected chi connectivity index (χ1v) is 9.01. The molecule has 4 nitrogen and oxygen atoms in total. The Labute approximate surface area is 161 Å². The molecule has 0 saturated carbocycles. The van der Waals surface area contributed by atoms with Gasteiger partial charge >= 0.3 is 0 Å². The van der Waals surface area contributed by atoms with Gasteiger partial charge in [0.15, 0.2) is 0 Å². The van der Waals surface area contributed by atoms with E-state index < -0.39 is 5.79 Å². The van der Waals surface area contributed by atoms with E-state index in [-0.39, 0.29) is 24.5 Å². The SMILES string of the molecule is CCC[C@H]1N[C@@H](C)CO[C@]1(O)c1ccc(OCc2ccccc2)cc1.Cl. The minimum absolute atomic E-state index is 0. The monoisotopic (exact) mass is 377 g/mol. The van der Waals surface area contributed by atoms with E-state index in [0.717, 1.165) is 29.7 Å².